The van der Waals surface area contributed by atoms with Crippen LogP contribution in [-0.4, -0.2) is 36.8 Å². The van der Waals surface area contributed by atoms with Crippen molar-refractivity contribution in [1.82, 2.24) is 10.3 Å². The predicted molar refractivity (Wildman–Crippen MR) is 105 cm³/mol. The minimum absolute atomic E-state index is 0.0185. The zero-order valence-corrected chi connectivity index (χ0v) is 15.7. The largest absolute Gasteiger partial charge is 0.502 e. The summed E-state index contributed by atoms with van der Waals surface area (Å²) in [6, 6.07) is 10.7. The number of aromatic hydroxyl groups is 1. The topological polar surface area (TPSA) is 104 Å². The molecule has 0 radical (unpaired) electrons. The first-order chi connectivity index (χ1) is 13.6. The number of carbonyl (C=O) groups excluding carboxylic acids is 1. The number of hydrogen-bond donors (Lipinski definition) is 2. The van der Waals surface area contributed by atoms with E-state index in [1.807, 2.05) is 24.3 Å². The summed E-state index contributed by atoms with van der Waals surface area (Å²) in [5, 5.41) is 21.8. The summed E-state index contributed by atoms with van der Waals surface area (Å²) in [4.78, 5) is 16.3. The minimum Gasteiger partial charge on any atom is -0.502 e. The van der Waals surface area contributed by atoms with Gasteiger partial charge in [-0.2, -0.15) is 5.26 Å². The predicted octanol–water partition coefficient (Wildman–Crippen LogP) is 2.63. The fourth-order valence-corrected chi connectivity index (χ4v) is 2.37. The van der Waals surface area contributed by atoms with E-state index in [0.717, 1.165) is 5.69 Å². The fourth-order valence-electron chi connectivity index (χ4n) is 2.37. The number of carbonyl (C=O) groups is 1. The lowest BCUT2D eigenvalue weighted by atomic mass is 10.1. The number of nitrogens with one attached hydrogen (secondary N) is 1. The summed E-state index contributed by atoms with van der Waals surface area (Å²) in [6.07, 6.45) is 6.93. The number of methoxy groups -OCH3 is 2. The zero-order chi connectivity index (χ0) is 20.4. The Morgan fingerprint density at radius 2 is 2.00 bits per heavy atom. The Kier molecular flexibility index (Phi) is 7.61. The molecule has 0 aliphatic carbocycles. The Bertz CT molecular complexity index is 890. The van der Waals surface area contributed by atoms with E-state index in [4.69, 9.17) is 9.47 Å². The molecule has 7 heteroatoms. The summed E-state index contributed by atoms with van der Waals surface area (Å²) in [5.74, 6) is -0.0295. The van der Waals surface area contributed by atoms with Gasteiger partial charge >= 0.3 is 0 Å². The van der Waals surface area contributed by atoms with Gasteiger partial charge in [-0.25, -0.2) is 0 Å². The molecule has 0 aliphatic heterocycles. The number of ether oxygens (including phenoxy) is 2. The van der Waals surface area contributed by atoms with Crippen molar-refractivity contribution in [2.75, 3.05) is 20.8 Å². The molecule has 0 fully saturated rings. The fraction of sp³-hybridized carbons (Fsp3) is 0.190. The Hall–Kier alpha value is -3.79. The molecular weight excluding hydrogens is 358 g/mol. The Morgan fingerprint density at radius 1 is 1.29 bits per heavy atom. The van der Waals surface area contributed by atoms with Gasteiger partial charge in [0.2, 0.25) is 5.75 Å². The molecule has 1 amide bonds. The van der Waals surface area contributed by atoms with Crippen LogP contribution in [0, 0.1) is 11.3 Å². The standard InChI is InChI=1S/C21H21N3O4/c1-27-18-12-15(13-19(28-2)20(18)25)6-5-7-16(14-22)21(26)24-11-9-17-8-3-4-10-23-17/h3-8,10,12-13,25H,9,11H2,1-2H3,(H,24,26)/b6-5+,16-7+. The van der Waals surface area contributed by atoms with E-state index in [1.54, 1.807) is 30.5 Å². The van der Waals surface area contributed by atoms with Crippen molar-refractivity contribution in [3.05, 3.63) is 65.5 Å². The Labute approximate surface area is 163 Å². The third kappa shape index (κ3) is 5.61. The van der Waals surface area contributed by atoms with Crippen molar-refractivity contribution in [3.63, 3.8) is 0 Å². The van der Waals surface area contributed by atoms with Crippen LogP contribution in [0.5, 0.6) is 17.2 Å². The van der Waals surface area contributed by atoms with E-state index in [-0.39, 0.29) is 22.8 Å². The van der Waals surface area contributed by atoms with Gasteiger partial charge in [0.25, 0.3) is 5.91 Å². The second-order valence-corrected chi connectivity index (χ2v) is 5.65. The molecule has 0 unspecified atom stereocenters. The van der Waals surface area contributed by atoms with Crippen LogP contribution in [0.1, 0.15) is 11.3 Å². The van der Waals surface area contributed by atoms with Crippen LogP contribution < -0.4 is 14.8 Å². The van der Waals surface area contributed by atoms with Crippen LogP contribution in [0.3, 0.4) is 0 Å². The van der Waals surface area contributed by atoms with E-state index in [2.05, 4.69) is 10.3 Å². The number of amides is 1. The molecule has 2 rings (SSSR count). The highest BCUT2D eigenvalue weighted by Crippen LogP contribution is 2.37. The number of hydrogen-bond acceptors (Lipinski definition) is 6. The van der Waals surface area contributed by atoms with Crippen LogP contribution in [-0.2, 0) is 11.2 Å². The number of allylic oxidation sites excluding steroid dienone is 2. The van der Waals surface area contributed by atoms with E-state index in [1.165, 1.54) is 20.3 Å². The smallest absolute Gasteiger partial charge is 0.261 e. The average Bonchev–Trinajstić information content (AvgIpc) is 2.72. The number of phenolic OH excluding ortho intramolecular Hbond substituents is 1. The third-order valence-corrected chi connectivity index (χ3v) is 3.81. The lowest BCUT2D eigenvalue weighted by Gasteiger charge is -2.09. The molecule has 2 aromatic rings. The Balaban J connectivity index is 2.02. The molecule has 28 heavy (non-hydrogen) atoms. The van der Waals surface area contributed by atoms with Gasteiger partial charge < -0.3 is 19.9 Å². The molecule has 144 valence electrons. The first-order valence-electron chi connectivity index (χ1n) is 8.50. The number of aromatic nitrogens is 1. The molecule has 1 heterocycles. The van der Waals surface area contributed by atoms with Gasteiger partial charge in [-0.1, -0.05) is 18.2 Å². The van der Waals surface area contributed by atoms with Gasteiger partial charge in [0.05, 0.1) is 14.2 Å². The summed E-state index contributed by atoms with van der Waals surface area (Å²) in [6.45, 7) is 0.380. The highest BCUT2D eigenvalue weighted by atomic mass is 16.5. The van der Waals surface area contributed by atoms with Crippen molar-refractivity contribution < 1.29 is 19.4 Å². The van der Waals surface area contributed by atoms with Crippen LogP contribution >= 0.6 is 0 Å². The second kappa shape index (κ2) is 10.4. The molecule has 0 spiro atoms. The van der Waals surface area contributed by atoms with Crippen LogP contribution in [0.2, 0.25) is 0 Å². The maximum Gasteiger partial charge on any atom is 0.261 e. The van der Waals surface area contributed by atoms with Gasteiger partial charge in [-0.15, -0.1) is 0 Å². The van der Waals surface area contributed by atoms with E-state index >= 15 is 0 Å². The summed E-state index contributed by atoms with van der Waals surface area (Å²) in [7, 11) is 2.87. The van der Waals surface area contributed by atoms with Crippen LogP contribution in [0.15, 0.2) is 54.3 Å². The lowest BCUT2D eigenvalue weighted by molar-refractivity contribution is -0.117. The number of pyridine rings is 1. The lowest BCUT2D eigenvalue weighted by Crippen LogP contribution is -2.26. The molecule has 0 saturated heterocycles. The normalized spacial score (nSPS) is 11.1. The average molecular weight is 379 g/mol. The molecular formula is C21H21N3O4. The third-order valence-electron chi connectivity index (χ3n) is 3.81. The van der Waals surface area contributed by atoms with Crippen LogP contribution in [0.4, 0.5) is 0 Å². The number of phenols is 1. The maximum atomic E-state index is 12.1. The second-order valence-electron chi connectivity index (χ2n) is 5.65. The first kappa shape index (κ1) is 20.5. The molecule has 2 N–H and O–H groups in total. The molecule has 1 aromatic heterocycles. The number of benzene rings is 1. The summed E-state index contributed by atoms with van der Waals surface area (Å²) >= 11 is 0. The molecule has 7 nitrogen and oxygen atoms in total. The summed E-state index contributed by atoms with van der Waals surface area (Å²) in [5.41, 5.74) is 1.52. The van der Waals surface area contributed by atoms with Crippen molar-refractivity contribution in [3.8, 4) is 23.3 Å². The molecule has 0 saturated carbocycles. The number of nitrogens with zero attached hydrogens (tertiary/aromatic N) is 2. The van der Waals surface area contributed by atoms with Crippen LogP contribution in [0.25, 0.3) is 6.08 Å². The van der Waals surface area contributed by atoms with E-state index in [9.17, 15) is 15.2 Å². The van der Waals surface area contributed by atoms with Gasteiger partial charge in [0, 0.05) is 24.9 Å². The van der Waals surface area contributed by atoms with Crippen molar-refractivity contribution in [1.29, 1.82) is 5.26 Å². The van der Waals surface area contributed by atoms with E-state index < -0.39 is 5.91 Å². The van der Waals surface area contributed by atoms with E-state index in [0.29, 0.717) is 18.5 Å². The first-order valence-corrected chi connectivity index (χ1v) is 8.50. The number of rotatable bonds is 8. The molecule has 1 aromatic carbocycles. The monoisotopic (exact) mass is 379 g/mol. The molecule has 0 bridgehead atoms. The van der Waals surface area contributed by atoms with Crippen molar-refractivity contribution >= 4 is 12.0 Å². The zero-order valence-electron chi connectivity index (χ0n) is 15.7. The minimum atomic E-state index is -0.455. The molecule has 0 aliphatic rings. The molecule has 0 atom stereocenters. The van der Waals surface area contributed by atoms with Gasteiger partial charge in [0.1, 0.15) is 11.6 Å². The van der Waals surface area contributed by atoms with Gasteiger partial charge in [-0.3, -0.25) is 9.78 Å². The van der Waals surface area contributed by atoms with Gasteiger partial charge in [0.15, 0.2) is 11.5 Å². The Morgan fingerprint density at radius 3 is 2.57 bits per heavy atom. The van der Waals surface area contributed by atoms with Crippen molar-refractivity contribution in [2.45, 2.75) is 6.42 Å². The SMILES string of the molecule is COc1cc(/C=C/C=C(\C#N)C(=O)NCCc2ccccn2)cc(OC)c1O. The summed E-state index contributed by atoms with van der Waals surface area (Å²) < 4.78 is 10.2. The van der Waals surface area contributed by atoms with Gasteiger partial charge in [-0.05, 0) is 35.9 Å². The highest BCUT2D eigenvalue weighted by molar-refractivity contribution is 5.97. The van der Waals surface area contributed by atoms with Crippen molar-refractivity contribution in [2.24, 2.45) is 0 Å². The quantitative estimate of drug-likeness (QED) is 0.415. The maximum absolute atomic E-state index is 12.1. The number of nitriles is 1. The highest BCUT2D eigenvalue weighted by Gasteiger charge is 2.10.